The highest BCUT2D eigenvalue weighted by Crippen LogP contribution is 2.38. The van der Waals surface area contributed by atoms with E-state index in [0.29, 0.717) is 18.5 Å². The van der Waals surface area contributed by atoms with Crippen LogP contribution in [0.4, 0.5) is 4.39 Å². The zero-order valence-electron chi connectivity index (χ0n) is 17.1. The van der Waals surface area contributed by atoms with E-state index in [-0.39, 0.29) is 17.8 Å². The Morgan fingerprint density at radius 3 is 2.14 bits per heavy atom. The third-order valence-corrected chi connectivity index (χ3v) is 6.00. The van der Waals surface area contributed by atoms with Gasteiger partial charge in [-0.25, -0.2) is 4.39 Å². The number of hydrogen-bond acceptors (Lipinski definition) is 2. The Hall–Kier alpha value is -2.20. The lowest BCUT2D eigenvalue weighted by Crippen LogP contribution is -2.42. The van der Waals surface area contributed by atoms with Crippen LogP contribution < -0.4 is 0 Å². The molecule has 1 unspecified atom stereocenters. The lowest BCUT2D eigenvalue weighted by Gasteiger charge is -2.41. The first-order valence-electron chi connectivity index (χ1n) is 10.2. The van der Waals surface area contributed by atoms with Crippen molar-refractivity contribution >= 4 is 5.91 Å². The first-order chi connectivity index (χ1) is 13.5. The highest BCUT2D eigenvalue weighted by molar-refractivity contribution is 5.73. The monoisotopic (exact) mass is 382 g/mol. The van der Waals surface area contributed by atoms with Gasteiger partial charge < -0.3 is 9.80 Å². The average molecular weight is 383 g/mol. The molecule has 0 N–H and O–H groups in total. The smallest absolute Gasteiger partial charge is 0.219 e. The van der Waals surface area contributed by atoms with E-state index >= 15 is 0 Å². The first-order valence-corrected chi connectivity index (χ1v) is 10.2. The molecular weight excluding hydrogens is 351 g/mol. The average Bonchev–Trinajstić information content (AvgIpc) is 2.69. The highest BCUT2D eigenvalue weighted by Gasteiger charge is 2.32. The molecule has 0 radical (unpaired) electrons. The molecular formula is C24H31FN2O. The Bertz CT molecular complexity index is 752. The van der Waals surface area contributed by atoms with E-state index in [9.17, 15) is 9.18 Å². The maximum Gasteiger partial charge on any atom is 0.219 e. The van der Waals surface area contributed by atoms with E-state index in [0.717, 1.165) is 31.2 Å². The van der Waals surface area contributed by atoms with Crippen molar-refractivity contribution in [3.8, 4) is 0 Å². The molecule has 2 aromatic rings. The van der Waals surface area contributed by atoms with Crippen molar-refractivity contribution in [1.29, 1.82) is 0 Å². The van der Waals surface area contributed by atoms with Gasteiger partial charge >= 0.3 is 0 Å². The molecule has 3 rings (SSSR count). The van der Waals surface area contributed by atoms with Gasteiger partial charge in [0.1, 0.15) is 5.82 Å². The molecule has 0 aromatic heterocycles. The Kier molecular flexibility index (Phi) is 6.84. The number of carbonyl (C=O) groups is 1. The molecule has 1 aliphatic carbocycles. The standard InChI is InChI=1S/C24H31FN2O/c1-18(28)27(17-19-9-13-22(25)14-10-19)23-15-11-21(12-16-23)24(26(2)3)20-7-5-4-6-8-20/h4-10,13-14,21,23-24H,11-12,15-17H2,1-3H3. The number of hydrogen-bond donors (Lipinski definition) is 0. The zero-order valence-corrected chi connectivity index (χ0v) is 17.1. The van der Waals surface area contributed by atoms with Crippen LogP contribution in [0.1, 0.15) is 49.8 Å². The molecule has 0 aliphatic heterocycles. The van der Waals surface area contributed by atoms with Gasteiger partial charge in [0.25, 0.3) is 0 Å². The molecule has 1 atom stereocenters. The van der Waals surface area contributed by atoms with Crippen LogP contribution in [0.15, 0.2) is 54.6 Å². The molecule has 0 bridgehead atoms. The third kappa shape index (κ3) is 4.99. The summed E-state index contributed by atoms with van der Waals surface area (Å²) in [6.45, 7) is 2.20. The van der Waals surface area contributed by atoms with Crippen LogP contribution >= 0.6 is 0 Å². The molecule has 1 saturated carbocycles. The second kappa shape index (κ2) is 9.33. The summed E-state index contributed by atoms with van der Waals surface area (Å²) in [4.78, 5) is 16.6. The Morgan fingerprint density at radius 2 is 1.61 bits per heavy atom. The summed E-state index contributed by atoms with van der Waals surface area (Å²) in [5.74, 6) is 0.447. The van der Waals surface area contributed by atoms with Crippen molar-refractivity contribution in [3.63, 3.8) is 0 Å². The van der Waals surface area contributed by atoms with Crippen molar-refractivity contribution in [1.82, 2.24) is 9.80 Å². The van der Waals surface area contributed by atoms with Crippen molar-refractivity contribution in [2.45, 2.75) is 51.2 Å². The van der Waals surface area contributed by atoms with Gasteiger partial charge in [0.05, 0.1) is 0 Å². The normalized spacial score (nSPS) is 20.8. The molecule has 28 heavy (non-hydrogen) atoms. The van der Waals surface area contributed by atoms with Crippen LogP contribution in [0.3, 0.4) is 0 Å². The number of nitrogens with zero attached hydrogens (tertiary/aromatic N) is 2. The fourth-order valence-electron chi connectivity index (χ4n) is 4.66. The SMILES string of the molecule is CC(=O)N(Cc1ccc(F)cc1)C1CCC(C(c2ccccc2)N(C)C)CC1. The molecule has 1 aliphatic rings. The minimum absolute atomic E-state index is 0.0972. The minimum Gasteiger partial charge on any atom is -0.336 e. The van der Waals surface area contributed by atoms with Gasteiger partial charge in [-0.15, -0.1) is 0 Å². The largest absolute Gasteiger partial charge is 0.336 e. The van der Waals surface area contributed by atoms with Crippen LogP contribution in [-0.2, 0) is 11.3 Å². The number of rotatable bonds is 6. The molecule has 1 fully saturated rings. The molecule has 2 aromatic carbocycles. The Morgan fingerprint density at radius 1 is 1.00 bits per heavy atom. The van der Waals surface area contributed by atoms with Gasteiger partial charge in [-0.05, 0) is 69.0 Å². The van der Waals surface area contributed by atoms with Crippen molar-refractivity contribution in [3.05, 3.63) is 71.5 Å². The summed E-state index contributed by atoms with van der Waals surface area (Å²) in [6, 6.07) is 17.9. The number of halogens is 1. The summed E-state index contributed by atoms with van der Waals surface area (Å²) in [5, 5.41) is 0. The third-order valence-electron chi connectivity index (χ3n) is 6.00. The molecule has 0 spiro atoms. The van der Waals surface area contributed by atoms with Gasteiger partial charge in [0.15, 0.2) is 0 Å². The molecule has 0 saturated heterocycles. The zero-order chi connectivity index (χ0) is 20.1. The first kappa shape index (κ1) is 20.5. The van der Waals surface area contributed by atoms with E-state index in [1.54, 1.807) is 19.1 Å². The fraction of sp³-hybridized carbons (Fsp3) is 0.458. The van der Waals surface area contributed by atoms with Crippen LogP contribution in [0, 0.1) is 11.7 Å². The van der Waals surface area contributed by atoms with Crippen molar-refractivity contribution < 1.29 is 9.18 Å². The van der Waals surface area contributed by atoms with E-state index in [2.05, 4.69) is 49.3 Å². The predicted octanol–water partition coefficient (Wildman–Crippen LogP) is 5.04. The predicted molar refractivity (Wildman–Crippen MR) is 111 cm³/mol. The molecule has 1 amide bonds. The maximum absolute atomic E-state index is 13.2. The fourth-order valence-corrected chi connectivity index (χ4v) is 4.66. The second-order valence-electron chi connectivity index (χ2n) is 8.16. The van der Waals surface area contributed by atoms with E-state index in [1.807, 2.05) is 4.90 Å². The summed E-state index contributed by atoms with van der Waals surface area (Å²) >= 11 is 0. The van der Waals surface area contributed by atoms with Gasteiger partial charge in [0.2, 0.25) is 5.91 Å². The summed E-state index contributed by atoms with van der Waals surface area (Å²) < 4.78 is 13.2. The maximum atomic E-state index is 13.2. The highest BCUT2D eigenvalue weighted by atomic mass is 19.1. The van der Waals surface area contributed by atoms with Gasteiger partial charge in [0, 0.05) is 25.6 Å². The van der Waals surface area contributed by atoms with E-state index < -0.39 is 0 Å². The molecule has 4 heteroatoms. The van der Waals surface area contributed by atoms with Crippen LogP contribution in [0.25, 0.3) is 0 Å². The summed E-state index contributed by atoms with van der Waals surface area (Å²) in [6.07, 6.45) is 4.25. The Balaban J connectivity index is 1.66. The van der Waals surface area contributed by atoms with Crippen molar-refractivity contribution in [2.24, 2.45) is 5.92 Å². The van der Waals surface area contributed by atoms with Crippen LogP contribution in [-0.4, -0.2) is 35.8 Å². The Labute approximate surface area is 168 Å². The summed E-state index contributed by atoms with van der Waals surface area (Å²) in [5.41, 5.74) is 2.35. The topological polar surface area (TPSA) is 23.6 Å². The summed E-state index contributed by atoms with van der Waals surface area (Å²) in [7, 11) is 4.31. The van der Waals surface area contributed by atoms with E-state index in [4.69, 9.17) is 0 Å². The molecule has 3 nitrogen and oxygen atoms in total. The number of benzene rings is 2. The lowest BCUT2D eigenvalue weighted by molar-refractivity contribution is -0.132. The van der Waals surface area contributed by atoms with Crippen LogP contribution in [0.5, 0.6) is 0 Å². The van der Waals surface area contributed by atoms with Gasteiger partial charge in [-0.2, -0.15) is 0 Å². The van der Waals surface area contributed by atoms with Gasteiger partial charge in [-0.1, -0.05) is 42.5 Å². The number of amides is 1. The number of carbonyl (C=O) groups excluding carboxylic acids is 1. The molecule has 150 valence electrons. The second-order valence-corrected chi connectivity index (χ2v) is 8.16. The van der Waals surface area contributed by atoms with Crippen molar-refractivity contribution in [2.75, 3.05) is 14.1 Å². The van der Waals surface area contributed by atoms with E-state index in [1.165, 1.54) is 17.7 Å². The van der Waals surface area contributed by atoms with Gasteiger partial charge in [-0.3, -0.25) is 4.79 Å². The van der Waals surface area contributed by atoms with Crippen LogP contribution in [0.2, 0.25) is 0 Å². The quantitative estimate of drug-likeness (QED) is 0.699. The molecule has 0 heterocycles. The lowest BCUT2D eigenvalue weighted by atomic mass is 9.78. The minimum atomic E-state index is -0.241.